The zero-order valence-corrected chi connectivity index (χ0v) is 11.9. The van der Waals surface area contributed by atoms with Crippen LogP contribution >= 0.6 is 0 Å². The van der Waals surface area contributed by atoms with E-state index < -0.39 is 0 Å². The number of phenols is 1. The first kappa shape index (κ1) is 12.8. The first-order valence-corrected chi connectivity index (χ1v) is 7.33. The molecule has 0 bridgehead atoms. The third-order valence-corrected chi connectivity index (χ3v) is 4.76. The van der Waals surface area contributed by atoms with Gasteiger partial charge in [0.05, 0.1) is 7.11 Å². The molecule has 1 aromatic carbocycles. The van der Waals surface area contributed by atoms with Gasteiger partial charge in [-0.3, -0.25) is 0 Å². The molecule has 3 rings (SSSR count). The number of methoxy groups -OCH3 is 1. The molecule has 3 heteroatoms. The molecular formula is C16H23NO2. The van der Waals surface area contributed by atoms with E-state index in [2.05, 4.69) is 18.3 Å². The Hall–Kier alpha value is -1.22. The van der Waals surface area contributed by atoms with Crippen LogP contribution in [0.4, 0.5) is 0 Å². The summed E-state index contributed by atoms with van der Waals surface area (Å²) < 4.78 is 5.57. The molecule has 104 valence electrons. The minimum atomic E-state index is -0.107. The third kappa shape index (κ3) is 2.00. The van der Waals surface area contributed by atoms with Gasteiger partial charge in [-0.1, -0.05) is 0 Å². The van der Waals surface area contributed by atoms with E-state index in [0.717, 1.165) is 55.5 Å². The average Bonchev–Trinajstić information content (AvgIpc) is 2.87. The fourth-order valence-corrected chi connectivity index (χ4v) is 3.61. The quantitative estimate of drug-likeness (QED) is 0.860. The SMILES string of the molecule is COc1cc(C2(C)CCCN2)c(O)c2c1CCCC2. The number of hydrogen-bond donors (Lipinski definition) is 2. The minimum absolute atomic E-state index is 0.107. The highest BCUT2D eigenvalue weighted by molar-refractivity contribution is 5.56. The maximum atomic E-state index is 10.7. The first-order valence-electron chi connectivity index (χ1n) is 7.33. The molecule has 0 radical (unpaired) electrons. The lowest BCUT2D eigenvalue weighted by Crippen LogP contribution is -2.33. The molecule has 1 unspecified atom stereocenters. The smallest absolute Gasteiger partial charge is 0.124 e. The van der Waals surface area contributed by atoms with E-state index in [1.165, 1.54) is 12.0 Å². The number of ether oxygens (including phenoxy) is 1. The maximum Gasteiger partial charge on any atom is 0.124 e. The lowest BCUT2D eigenvalue weighted by atomic mass is 9.82. The van der Waals surface area contributed by atoms with Crippen LogP contribution in [0.5, 0.6) is 11.5 Å². The Balaban J connectivity index is 2.15. The number of fused-ring (bicyclic) bond motifs is 1. The Labute approximate surface area is 115 Å². The summed E-state index contributed by atoms with van der Waals surface area (Å²) in [6.45, 7) is 3.21. The molecule has 0 spiro atoms. The Kier molecular flexibility index (Phi) is 3.17. The standard InChI is InChI=1S/C16H23NO2/c1-16(8-5-9-17-16)13-10-14(19-2)11-6-3-4-7-12(11)15(13)18/h10,17-18H,3-9H2,1-2H3. The van der Waals surface area contributed by atoms with E-state index in [0.29, 0.717) is 5.75 Å². The van der Waals surface area contributed by atoms with E-state index in [1.807, 2.05) is 0 Å². The fourth-order valence-electron chi connectivity index (χ4n) is 3.61. The predicted molar refractivity (Wildman–Crippen MR) is 75.9 cm³/mol. The molecule has 0 aromatic heterocycles. The lowest BCUT2D eigenvalue weighted by molar-refractivity contribution is 0.372. The first-order chi connectivity index (χ1) is 9.15. The van der Waals surface area contributed by atoms with Crippen molar-refractivity contribution in [2.75, 3.05) is 13.7 Å². The van der Waals surface area contributed by atoms with Crippen molar-refractivity contribution >= 4 is 0 Å². The van der Waals surface area contributed by atoms with E-state index in [1.54, 1.807) is 7.11 Å². The van der Waals surface area contributed by atoms with Gasteiger partial charge in [0.15, 0.2) is 0 Å². The summed E-state index contributed by atoms with van der Waals surface area (Å²) in [5.74, 6) is 1.46. The molecule has 1 heterocycles. The van der Waals surface area contributed by atoms with Crippen LogP contribution in [0.3, 0.4) is 0 Å². The summed E-state index contributed by atoms with van der Waals surface area (Å²) >= 11 is 0. The van der Waals surface area contributed by atoms with Crippen molar-refractivity contribution in [3.05, 3.63) is 22.8 Å². The van der Waals surface area contributed by atoms with Gasteiger partial charge < -0.3 is 15.2 Å². The number of nitrogens with one attached hydrogen (secondary N) is 1. The van der Waals surface area contributed by atoms with Crippen LogP contribution in [0.1, 0.15) is 49.3 Å². The molecular weight excluding hydrogens is 238 g/mol. The van der Waals surface area contributed by atoms with Gasteiger partial charge in [-0.05, 0) is 58.1 Å². The molecule has 1 fully saturated rings. The summed E-state index contributed by atoms with van der Waals surface area (Å²) in [5.41, 5.74) is 3.25. The minimum Gasteiger partial charge on any atom is -0.507 e. The highest BCUT2D eigenvalue weighted by Gasteiger charge is 2.35. The van der Waals surface area contributed by atoms with Crippen LogP contribution in [0.2, 0.25) is 0 Å². The second-order valence-corrected chi connectivity index (χ2v) is 6.00. The summed E-state index contributed by atoms with van der Waals surface area (Å²) in [5, 5.41) is 14.2. The van der Waals surface area contributed by atoms with Crippen LogP contribution in [0.15, 0.2) is 6.07 Å². The Morgan fingerprint density at radius 1 is 1.21 bits per heavy atom. The number of hydrogen-bond acceptors (Lipinski definition) is 3. The van der Waals surface area contributed by atoms with Gasteiger partial charge in [0.25, 0.3) is 0 Å². The number of phenolic OH excluding ortho intramolecular Hbond substituents is 1. The van der Waals surface area contributed by atoms with E-state index >= 15 is 0 Å². The third-order valence-electron chi connectivity index (χ3n) is 4.76. The zero-order valence-electron chi connectivity index (χ0n) is 11.9. The van der Waals surface area contributed by atoms with E-state index in [4.69, 9.17) is 4.74 Å². The Morgan fingerprint density at radius 2 is 1.95 bits per heavy atom. The van der Waals surface area contributed by atoms with Gasteiger partial charge in [-0.2, -0.15) is 0 Å². The fraction of sp³-hybridized carbons (Fsp3) is 0.625. The zero-order chi connectivity index (χ0) is 13.5. The van der Waals surface area contributed by atoms with Gasteiger partial charge in [0.2, 0.25) is 0 Å². The van der Waals surface area contributed by atoms with Crippen LogP contribution in [-0.4, -0.2) is 18.8 Å². The van der Waals surface area contributed by atoms with Gasteiger partial charge in [-0.15, -0.1) is 0 Å². The molecule has 2 N–H and O–H groups in total. The second kappa shape index (κ2) is 4.71. The molecule has 0 amide bonds. The van der Waals surface area contributed by atoms with Crippen molar-refractivity contribution < 1.29 is 9.84 Å². The van der Waals surface area contributed by atoms with Crippen LogP contribution in [0, 0.1) is 0 Å². The average molecular weight is 261 g/mol. The van der Waals surface area contributed by atoms with Crippen molar-refractivity contribution in [1.82, 2.24) is 5.32 Å². The monoisotopic (exact) mass is 261 g/mol. The molecule has 3 nitrogen and oxygen atoms in total. The van der Waals surface area contributed by atoms with Crippen molar-refractivity contribution in [1.29, 1.82) is 0 Å². The van der Waals surface area contributed by atoms with Crippen LogP contribution in [0.25, 0.3) is 0 Å². The van der Waals surface area contributed by atoms with Crippen LogP contribution in [-0.2, 0) is 18.4 Å². The molecule has 19 heavy (non-hydrogen) atoms. The molecule has 1 atom stereocenters. The Bertz CT molecular complexity index is 490. The van der Waals surface area contributed by atoms with Crippen LogP contribution < -0.4 is 10.1 Å². The summed E-state index contributed by atoms with van der Waals surface area (Å²) in [7, 11) is 1.73. The lowest BCUT2D eigenvalue weighted by Gasteiger charge is -2.30. The van der Waals surface area contributed by atoms with Crippen molar-refractivity contribution in [2.45, 2.75) is 51.0 Å². The molecule has 1 saturated heterocycles. The number of rotatable bonds is 2. The van der Waals surface area contributed by atoms with Crippen molar-refractivity contribution in [3.8, 4) is 11.5 Å². The molecule has 1 aliphatic carbocycles. The van der Waals surface area contributed by atoms with Gasteiger partial charge >= 0.3 is 0 Å². The topological polar surface area (TPSA) is 41.5 Å². The summed E-state index contributed by atoms with van der Waals surface area (Å²) in [4.78, 5) is 0. The van der Waals surface area contributed by atoms with E-state index in [-0.39, 0.29) is 5.54 Å². The van der Waals surface area contributed by atoms with Gasteiger partial charge in [0.1, 0.15) is 11.5 Å². The highest BCUT2D eigenvalue weighted by atomic mass is 16.5. The Morgan fingerprint density at radius 3 is 2.58 bits per heavy atom. The highest BCUT2D eigenvalue weighted by Crippen LogP contribution is 2.44. The number of aromatic hydroxyl groups is 1. The molecule has 0 saturated carbocycles. The maximum absolute atomic E-state index is 10.7. The van der Waals surface area contributed by atoms with Crippen molar-refractivity contribution in [2.24, 2.45) is 0 Å². The summed E-state index contributed by atoms with van der Waals surface area (Å²) in [6.07, 6.45) is 6.59. The predicted octanol–water partition coefficient (Wildman–Crippen LogP) is 2.88. The molecule has 1 aliphatic heterocycles. The number of benzene rings is 1. The largest absolute Gasteiger partial charge is 0.507 e. The summed E-state index contributed by atoms with van der Waals surface area (Å²) in [6, 6.07) is 2.05. The molecule has 1 aromatic rings. The second-order valence-electron chi connectivity index (χ2n) is 6.00. The normalized spacial score (nSPS) is 26.2. The van der Waals surface area contributed by atoms with Gasteiger partial charge in [0, 0.05) is 22.2 Å². The molecule has 2 aliphatic rings. The van der Waals surface area contributed by atoms with E-state index in [9.17, 15) is 5.11 Å². The van der Waals surface area contributed by atoms with Crippen molar-refractivity contribution in [3.63, 3.8) is 0 Å². The van der Waals surface area contributed by atoms with Gasteiger partial charge in [-0.25, -0.2) is 0 Å².